The Morgan fingerprint density at radius 3 is 2.42 bits per heavy atom. The molecule has 0 fully saturated rings. The molecule has 0 aliphatic rings. The molecule has 4 nitrogen and oxygen atoms in total. The van der Waals surface area contributed by atoms with E-state index in [-0.39, 0.29) is 12.6 Å². The zero-order chi connectivity index (χ0) is 17.6. The first-order chi connectivity index (χ1) is 11.5. The summed E-state index contributed by atoms with van der Waals surface area (Å²) < 4.78 is 44.6. The zero-order valence-electron chi connectivity index (χ0n) is 13.7. The van der Waals surface area contributed by atoms with Gasteiger partial charge in [0, 0.05) is 18.4 Å². The Labute approximate surface area is 139 Å². The summed E-state index contributed by atoms with van der Waals surface area (Å²) in [6.45, 7) is 4.52. The van der Waals surface area contributed by atoms with E-state index in [0.717, 1.165) is 18.3 Å². The van der Waals surface area contributed by atoms with Crippen molar-refractivity contribution >= 4 is 11.6 Å². The van der Waals surface area contributed by atoms with Gasteiger partial charge in [0.2, 0.25) is 11.8 Å². The summed E-state index contributed by atoms with van der Waals surface area (Å²) in [4.78, 5) is 9.66. The number of aromatic nitrogens is 2. The van der Waals surface area contributed by atoms with Crippen molar-refractivity contribution in [1.29, 1.82) is 0 Å². The van der Waals surface area contributed by atoms with Gasteiger partial charge in [0.25, 0.3) is 0 Å². The maximum Gasteiger partial charge on any atom is 0.423 e. The molecule has 24 heavy (non-hydrogen) atoms. The second kappa shape index (κ2) is 7.99. The highest BCUT2D eigenvalue weighted by Crippen LogP contribution is 2.36. The quantitative estimate of drug-likeness (QED) is 0.677. The lowest BCUT2D eigenvalue weighted by molar-refractivity contribution is -0.139. The molecule has 0 amide bonds. The largest absolute Gasteiger partial charge is 0.477 e. The Morgan fingerprint density at radius 2 is 1.83 bits per heavy atom. The molecule has 0 atom stereocenters. The molecule has 0 spiro atoms. The third-order valence-electron chi connectivity index (χ3n) is 3.41. The lowest BCUT2D eigenvalue weighted by Crippen LogP contribution is -2.20. The van der Waals surface area contributed by atoms with E-state index in [0.29, 0.717) is 13.0 Å². The van der Waals surface area contributed by atoms with Crippen LogP contribution < -0.4 is 9.64 Å². The van der Waals surface area contributed by atoms with Gasteiger partial charge in [0.05, 0.1) is 6.61 Å². The first-order valence-electron chi connectivity index (χ1n) is 7.87. The van der Waals surface area contributed by atoms with Gasteiger partial charge < -0.3 is 9.64 Å². The molecule has 0 radical (unpaired) electrons. The predicted molar refractivity (Wildman–Crippen MR) is 86.6 cm³/mol. The predicted octanol–water partition coefficient (Wildman–Crippen LogP) is 4.83. The molecule has 1 aromatic heterocycles. The average Bonchev–Trinajstić information content (AvgIpc) is 2.56. The molecule has 7 heteroatoms. The summed E-state index contributed by atoms with van der Waals surface area (Å²) in [6.07, 6.45) is -2.28. The summed E-state index contributed by atoms with van der Waals surface area (Å²) in [5.74, 6) is -0.237. The van der Waals surface area contributed by atoms with Gasteiger partial charge >= 0.3 is 6.18 Å². The standard InChI is InChI=1S/C17H20F3N3O/c1-3-5-11-24-15-14(17(18,19)20)12-21-16(22-15)23(4-2)13-9-7-6-8-10-13/h6-10,12H,3-5,11H2,1-2H3. The van der Waals surface area contributed by atoms with E-state index in [9.17, 15) is 13.2 Å². The normalized spacial score (nSPS) is 11.4. The topological polar surface area (TPSA) is 38.2 Å². The lowest BCUT2D eigenvalue weighted by atomic mass is 10.3. The number of hydrogen-bond donors (Lipinski definition) is 0. The van der Waals surface area contributed by atoms with Gasteiger partial charge in [-0.25, -0.2) is 4.98 Å². The van der Waals surface area contributed by atoms with E-state index < -0.39 is 17.6 Å². The molecule has 0 bridgehead atoms. The Morgan fingerprint density at radius 1 is 1.12 bits per heavy atom. The molecule has 1 aromatic carbocycles. The fourth-order valence-corrected chi connectivity index (χ4v) is 2.15. The van der Waals surface area contributed by atoms with Gasteiger partial charge in [0.15, 0.2) is 0 Å². The molecule has 0 N–H and O–H groups in total. The maximum atomic E-state index is 13.1. The number of unbranched alkanes of at least 4 members (excludes halogenated alkanes) is 1. The molecular weight excluding hydrogens is 319 g/mol. The summed E-state index contributed by atoms with van der Waals surface area (Å²) in [5, 5.41) is 0. The van der Waals surface area contributed by atoms with E-state index >= 15 is 0 Å². The summed E-state index contributed by atoms with van der Waals surface area (Å²) >= 11 is 0. The van der Waals surface area contributed by atoms with Crippen LogP contribution in [0, 0.1) is 0 Å². The number of hydrogen-bond acceptors (Lipinski definition) is 4. The van der Waals surface area contributed by atoms with Gasteiger partial charge in [-0.15, -0.1) is 0 Å². The number of ether oxygens (including phenoxy) is 1. The molecule has 130 valence electrons. The number of nitrogens with zero attached hydrogens (tertiary/aromatic N) is 3. The molecule has 1 heterocycles. The van der Waals surface area contributed by atoms with Crippen LogP contribution in [0.3, 0.4) is 0 Å². The van der Waals surface area contributed by atoms with E-state index in [1.807, 2.05) is 44.2 Å². The Kier molecular flexibility index (Phi) is 6.00. The minimum absolute atomic E-state index is 0.184. The Bertz CT molecular complexity index is 647. The van der Waals surface area contributed by atoms with Crippen molar-refractivity contribution in [3.63, 3.8) is 0 Å². The van der Waals surface area contributed by atoms with Crippen LogP contribution in [0.2, 0.25) is 0 Å². The highest BCUT2D eigenvalue weighted by molar-refractivity contribution is 5.57. The highest BCUT2D eigenvalue weighted by atomic mass is 19.4. The van der Waals surface area contributed by atoms with Crippen molar-refractivity contribution in [3.05, 3.63) is 42.1 Å². The Balaban J connectivity index is 2.38. The van der Waals surface area contributed by atoms with E-state index in [4.69, 9.17) is 4.74 Å². The number of para-hydroxylation sites is 1. The van der Waals surface area contributed by atoms with Crippen LogP contribution >= 0.6 is 0 Å². The van der Waals surface area contributed by atoms with Crippen LogP contribution in [-0.4, -0.2) is 23.1 Å². The van der Waals surface area contributed by atoms with Crippen molar-refractivity contribution in [1.82, 2.24) is 9.97 Å². The molecule has 2 rings (SSSR count). The maximum absolute atomic E-state index is 13.1. The molecule has 2 aromatic rings. The first kappa shape index (κ1) is 18.0. The van der Waals surface area contributed by atoms with Gasteiger partial charge in [-0.05, 0) is 25.5 Å². The lowest BCUT2D eigenvalue weighted by Gasteiger charge is -2.22. The Hall–Kier alpha value is -2.31. The molecule has 0 saturated heterocycles. The first-order valence-corrected chi connectivity index (χ1v) is 7.87. The van der Waals surface area contributed by atoms with Crippen molar-refractivity contribution < 1.29 is 17.9 Å². The summed E-state index contributed by atoms with van der Waals surface area (Å²) in [6, 6.07) is 9.26. The van der Waals surface area contributed by atoms with E-state index in [1.54, 1.807) is 4.90 Å². The minimum atomic E-state index is -4.55. The van der Waals surface area contributed by atoms with Crippen molar-refractivity contribution in [2.24, 2.45) is 0 Å². The van der Waals surface area contributed by atoms with Gasteiger partial charge in [0.1, 0.15) is 5.56 Å². The highest BCUT2D eigenvalue weighted by Gasteiger charge is 2.36. The van der Waals surface area contributed by atoms with Crippen LogP contribution in [0.15, 0.2) is 36.5 Å². The van der Waals surface area contributed by atoms with Crippen LogP contribution in [0.1, 0.15) is 32.3 Å². The third kappa shape index (κ3) is 4.37. The molecule has 0 saturated carbocycles. The second-order valence-electron chi connectivity index (χ2n) is 5.17. The monoisotopic (exact) mass is 339 g/mol. The zero-order valence-corrected chi connectivity index (χ0v) is 13.7. The minimum Gasteiger partial charge on any atom is -0.477 e. The third-order valence-corrected chi connectivity index (χ3v) is 3.41. The van der Waals surface area contributed by atoms with Gasteiger partial charge in [-0.3, -0.25) is 0 Å². The average molecular weight is 339 g/mol. The summed E-state index contributed by atoms with van der Waals surface area (Å²) in [5.41, 5.74) is -0.147. The molecule has 0 aliphatic carbocycles. The number of alkyl halides is 3. The van der Waals surface area contributed by atoms with Gasteiger partial charge in [-0.2, -0.15) is 18.2 Å². The van der Waals surface area contributed by atoms with E-state index in [1.165, 1.54) is 0 Å². The number of halogens is 3. The fourth-order valence-electron chi connectivity index (χ4n) is 2.15. The summed E-state index contributed by atoms with van der Waals surface area (Å²) in [7, 11) is 0. The number of anilines is 2. The van der Waals surface area contributed by atoms with Crippen molar-refractivity contribution in [2.75, 3.05) is 18.1 Å². The van der Waals surface area contributed by atoms with Crippen LogP contribution in [-0.2, 0) is 6.18 Å². The van der Waals surface area contributed by atoms with Crippen molar-refractivity contribution in [3.8, 4) is 5.88 Å². The van der Waals surface area contributed by atoms with Crippen LogP contribution in [0.5, 0.6) is 5.88 Å². The van der Waals surface area contributed by atoms with Crippen LogP contribution in [0.25, 0.3) is 0 Å². The fraction of sp³-hybridized carbons (Fsp3) is 0.412. The smallest absolute Gasteiger partial charge is 0.423 e. The second-order valence-corrected chi connectivity index (χ2v) is 5.17. The van der Waals surface area contributed by atoms with Crippen LogP contribution in [0.4, 0.5) is 24.8 Å². The SMILES string of the molecule is CCCCOc1nc(N(CC)c2ccccc2)ncc1C(F)(F)F. The molecule has 0 aliphatic heterocycles. The van der Waals surface area contributed by atoms with Gasteiger partial charge in [-0.1, -0.05) is 31.5 Å². The van der Waals surface area contributed by atoms with Crippen molar-refractivity contribution in [2.45, 2.75) is 32.9 Å². The molecular formula is C17H20F3N3O. The molecule has 0 unspecified atom stereocenters. The number of rotatable bonds is 7. The number of benzene rings is 1. The van der Waals surface area contributed by atoms with E-state index in [2.05, 4.69) is 9.97 Å².